The normalized spacial score (nSPS) is 12.5. The standard InChI is InChI=1S/C15H13FN2O6S/c16-11-3-1-10(2-4-11)14(9-15(19)20)17-25(23,24)13-7-5-12(6-8-13)18(21)22/h1-8,14,17H,9H2,(H,19,20)/p-1. The van der Waals surface area contributed by atoms with Crippen LogP contribution in [0.2, 0.25) is 0 Å². The Bertz CT molecular complexity index is 881. The fourth-order valence-corrected chi connectivity index (χ4v) is 3.32. The number of carbonyl (C=O) groups excluding carboxylic acids is 1. The highest BCUT2D eigenvalue weighted by molar-refractivity contribution is 7.89. The van der Waals surface area contributed by atoms with Gasteiger partial charge in [0, 0.05) is 24.5 Å². The van der Waals surface area contributed by atoms with Crippen molar-refractivity contribution in [2.75, 3.05) is 0 Å². The summed E-state index contributed by atoms with van der Waals surface area (Å²) < 4.78 is 39.9. The van der Waals surface area contributed by atoms with Gasteiger partial charge in [-0.2, -0.15) is 0 Å². The number of carboxylic acids is 1. The van der Waals surface area contributed by atoms with Gasteiger partial charge in [-0.05, 0) is 29.8 Å². The molecule has 0 fully saturated rings. The van der Waals surface area contributed by atoms with Gasteiger partial charge in [0.1, 0.15) is 5.82 Å². The Morgan fingerprint density at radius 3 is 2.16 bits per heavy atom. The Hall–Kier alpha value is -2.85. The van der Waals surface area contributed by atoms with Crippen LogP contribution >= 0.6 is 0 Å². The largest absolute Gasteiger partial charge is 0.550 e. The molecule has 132 valence electrons. The van der Waals surface area contributed by atoms with Gasteiger partial charge in [-0.1, -0.05) is 12.1 Å². The second kappa shape index (κ2) is 7.36. The first-order valence-electron chi connectivity index (χ1n) is 6.91. The van der Waals surface area contributed by atoms with Crippen molar-refractivity contribution in [3.05, 3.63) is 70.0 Å². The van der Waals surface area contributed by atoms with Crippen molar-refractivity contribution in [2.24, 2.45) is 0 Å². The van der Waals surface area contributed by atoms with Gasteiger partial charge in [-0.3, -0.25) is 10.1 Å². The van der Waals surface area contributed by atoms with E-state index in [-0.39, 0.29) is 16.1 Å². The minimum atomic E-state index is -4.16. The van der Waals surface area contributed by atoms with Gasteiger partial charge in [-0.15, -0.1) is 0 Å². The van der Waals surface area contributed by atoms with Crippen molar-refractivity contribution in [1.82, 2.24) is 4.72 Å². The van der Waals surface area contributed by atoms with Crippen molar-refractivity contribution in [3.63, 3.8) is 0 Å². The quantitative estimate of drug-likeness (QED) is 0.571. The minimum Gasteiger partial charge on any atom is -0.550 e. The first-order chi connectivity index (χ1) is 11.7. The summed E-state index contributed by atoms with van der Waals surface area (Å²) in [5, 5.41) is 21.5. The van der Waals surface area contributed by atoms with Gasteiger partial charge in [0.25, 0.3) is 5.69 Å². The van der Waals surface area contributed by atoms with Gasteiger partial charge < -0.3 is 9.90 Å². The van der Waals surface area contributed by atoms with E-state index in [1.165, 1.54) is 12.1 Å². The molecule has 10 heteroatoms. The highest BCUT2D eigenvalue weighted by atomic mass is 32.2. The molecule has 8 nitrogen and oxygen atoms in total. The maximum atomic E-state index is 13.0. The molecule has 0 saturated heterocycles. The number of sulfonamides is 1. The summed E-state index contributed by atoms with van der Waals surface area (Å²) in [4.78, 5) is 20.6. The smallest absolute Gasteiger partial charge is 0.269 e. The van der Waals surface area contributed by atoms with Crippen LogP contribution < -0.4 is 9.83 Å². The summed E-state index contributed by atoms with van der Waals surface area (Å²) in [5.41, 5.74) is -0.0557. The Labute approximate surface area is 142 Å². The van der Waals surface area contributed by atoms with Crippen LogP contribution in [-0.4, -0.2) is 19.3 Å². The average Bonchev–Trinajstić information content (AvgIpc) is 2.54. The van der Waals surface area contributed by atoms with Crippen molar-refractivity contribution in [2.45, 2.75) is 17.4 Å². The molecule has 0 radical (unpaired) electrons. The molecule has 0 aliphatic rings. The third-order valence-electron chi connectivity index (χ3n) is 3.30. The number of hydrogen-bond acceptors (Lipinski definition) is 6. The Morgan fingerprint density at radius 2 is 1.68 bits per heavy atom. The summed E-state index contributed by atoms with van der Waals surface area (Å²) >= 11 is 0. The molecule has 2 aromatic rings. The van der Waals surface area contributed by atoms with Crippen LogP contribution in [0.1, 0.15) is 18.0 Å². The monoisotopic (exact) mass is 367 g/mol. The van der Waals surface area contributed by atoms with Crippen LogP contribution in [0.5, 0.6) is 0 Å². The third-order valence-corrected chi connectivity index (χ3v) is 4.79. The second-order valence-electron chi connectivity index (χ2n) is 5.05. The molecule has 2 rings (SSSR count). The number of rotatable bonds is 7. The number of carboxylic acid groups (broad SMARTS) is 1. The van der Waals surface area contributed by atoms with Gasteiger partial charge in [-0.25, -0.2) is 17.5 Å². The fourth-order valence-electron chi connectivity index (χ4n) is 2.09. The predicted molar refractivity (Wildman–Crippen MR) is 82.2 cm³/mol. The zero-order valence-corrected chi connectivity index (χ0v) is 13.4. The highest BCUT2D eigenvalue weighted by Crippen LogP contribution is 2.22. The lowest BCUT2D eigenvalue weighted by Crippen LogP contribution is -2.34. The highest BCUT2D eigenvalue weighted by Gasteiger charge is 2.22. The molecule has 0 aromatic heterocycles. The van der Waals surface area contributed by atoms with Gasteiger partial charge in [0.2, 0.25) is 10.0 Å². The number of aliphatic carboxylic acids is 1. The van der Waals surface area contributed by atoms with E-state index in [1.807, 2.05) is 0 Å². The maximum absolute atomic E-state index is 13.0. The molecule has 0 saturated carbocycles. The molecular formula is C15H12FN2O6S-. The van der Waals surface area contributed by atoms with Crippen LogP contribution in [-0.2, 0) is 14.8 Å². The number of hydrogen-bond donors (Lipinski definition) is 1. The molecule has 0 amide bonds. The number of benzene rings is 2. The van der Waals surface area contributed by atoms with Gasteiger partial charge in [0.05, 0.1) is 15.9 Å². The van der Waals surface area contributed by atoms with E-state index in [1.54, 1.807) is 0 Å². The van der Waals surface area contributed by atoms with E-state index in [0.717, 1.165) is 36.4 Å². The number of halogens is 1. The molecule has 0 aliphatic heterocycles. The molecule has 0 spiro atoms. The minimum absolute atomic E-state index is 0.232. The first kappa shape index (κ1) is 18.5. The summed E-state index contributed by atoms with van der Waals surface area (Å²) in [6, 6.07) is 7.53. The first-order valence-corrected chi connectivity index (χ1v) is 8.39. The number of nitro groups is 1. The molecule has 25 heavy (non-hydrogen) atoms. The Morgan fingerprint density at radius 1 is 1.12 bits per heavy atom. The molecule has 1 N–H and O–H groups in total. The number of non-ortho nitro benzene ring substituents is 1. The lowest BCUT2D eigenvalue weighted by atomic mass is 10.1. The zero-order chi connectivity index (χ0) is 18.6. The SMILES string of the molecule is O=C([O-])CC(NS(=O)(=O)c1ccc([N+](=O)[O-])cc1)c1ccc(F)cc1. The lowest BCUT2D eigenvalue weighted by Gasteiger charge is -2.19. The number of nitrogens with one attached hydrogen (secondary N) is 1. The van der Waals surface area contributed by atoms with E-state index >= 15 is 0 Å². The fraction of sp³-hybridized carbons (Fsp3) is 0.133. The maximum Gasteiger partial charge on any atom is 0.269 e. The molecule has 0 heterocycles. The van der Waals surface area contributed by atoms with Crippen LogP contribution in [0, 0.1) is 15.9 Å². The predicted octanol–water partition coefficient (Wildman–Crippen LogP) is 0.894. The molecule has 1 atom stereocenters. The number of carbonyl (C=O) groups is 1. The molecule has 0 bridgehead atoms. The average molecular weight is 367 g/mol. The second-order valence-corrected chi connectivity index (χ2v) is 6.77. The number of nitro benzene ring substituents is 1. The summed E-state index contributed by atoms with van der Waals surface area (Å²) in [6.45, 7) is 0. The zero-order valence-electron chi connectivity index (χ0n) is 12.6. The molecule has 2 aromatic carbocycles. The van der Waals surface area contributed by atoms with E-state index < -0.39 is 39.2 Å². The molecule has 0 aliphatic carbocycles. The van der Waals surface area contributed by atoms with Crippen LogP contribution in [0.4, 0.5) is 10.1 Å². The van der Waals surface area contributed by atoms with Gasteiger partial charge in [0.15, 0.2) is 0 Å². The van der Waals surface area contributed by atoms with Crippen molar-refractivity contribution in [3.8, 4) is 0 Å². The van der Waals surface area contributed by atoms with E-state index in [2.05, 4.69) is 4.72 Å². The van der Waals surface area contributed by atoms with Crippen molar-refractivity contribution >= 4 is 21.7 Å². The topological polar surface area (TPSA) is 129 Å². The van der Waals surface area contributed by atoms with Crippen LogP contribution in [0.25, 0.3) is 0 Å². The van der Waals surface area contributed by atoms with Gasteiger partial charge >= 0.3 is 0 Å². The van der Waals surface area contributed by atoms with E-state index in [9.17, 15) is 32.8 Å². The third kappa shape index (κ3) is 4.81. The molecule has 1 unspecified atom stereocenters. The summed E-state index contributed by atoms with van der Waals surface area (Å²) in [5.74, 6) is -2.06. The molecular weight excluding hydrogens is 355 g/mol. The van der Waals surface area contributed by atoms with Crippen LogP contribution in [0.3, 0.4) is 0 Å². The van der Waals surface area contributed by atoms with E-state index in [0.29, 0.717) is 0 Å². The van der Waals surface area contributed by atoms with Crippen LogP contribution in [0.15, 0.2) is 53.4 Å². The van der Waals surface area contributed by atoms with Crippen molar-refractivity contribution in [1.29, 1.82) is 0 Å². The Balaban J connectivity index is 2.31. The van der Waals surface area contributed by atoms with Crippen molar-refractivity contribution < 1.29 is 27.6 Å². The summed E-state index contributed by atoms with van der Waals surface area (Å²) in [7, 11) is -4.16. The number of nitrogens with zero attached hydrogens (tertiary/aromatic N) is 1. The van der Waals surface area contributed by atoms with E-state index in [4.69, 9.17) is 0 Å². The lowest BCUT2D eigenvalue weighted by molar-refractivity contribution is -0.384. The summed E-state index contributed by atoms with van der Waals surface area (Å²) in [6.07, 6.45) is -0.669. The Kier molecular flexibility index (Phi) is 5.45.